The van der Waals surface area contributed by atoms with Crippen molar-refractivity contribution < 1.29 is 14.3 Å². The van der Waals surface area contributed by atoms with Gasteiger partial charge in [0.15, 0.2) is 0 Å². The topological polar surface area (TPSA) is 55.4 Å². The number of methoxy groups -OCH3 is 1. The van der Waals surface area contributed by atoms with Crippen LogP contribution in [0.25, 0.3) is 0 Å². The van der Waals surface area contributed by atoms with Crippen molar-refractivity contribution in [3.63, 3.8) is 0 Å². The number of esters is 1. The molecule has 0 fully saturated rings. The molecule has 0 aromatic heterocycles. The van der Waals surface area contributed by atoms with Crippen LogP contribution in [0.3, 0.4) is 0 Å². The van der Waals surface area contributed by atoms with E-state index in [9.17, 15) is 9.59 Å². The lowest BCUT2D eigenvalue weighted by atomic mass is 9.85. The highest BCUT2D eigenvalue weighted by molar-refractivity contribution is 5.86. The van der Waals surface area contributed by atoms with Crippen LogP contribution in [0.5, 0.6) is 0 Å². The summed E-state index contributed by atoms with van der Waals surface area (Å²) in [6.07, 6.45) is 6.64. The molecule has 1 amide bonds. The Kier molecular flexibility index (Phi) is 4.93. The molecule has 0 saturated heterocycles. The lowest BCUT2D eigenvalue weighted by Crippen LogP contribution is -2.51. The number of allylic oxidation sites excluding steroid dienone is 2. The van der Waals surface area contributed by atoms with Gasteiger partial charge >= 0.3 is 5.97 Å². The van der Waals surface area contributed by atoms with E-state index in [0.29, 0.717) is 0 Å². The van der Waals surface area contributed by atoms with Crippen molar-refractivity contribution in [3.8, 4) is 0 Å². The van der Waals surface area contributed by atoms with Gasteiger partial charge in [0.1, 0.15) is 6.04 Å². The minimum atomic E-state index is -0.596. The van der Waals surface area contributed by atoms with Crippen molar-refractivity contribution in [3.05, 3.63) is 12.2 Å². The Morgan fingerprint density at radius 2 is 2.00 bits per heavy atom. The Hall–Kier alpha value is -1.32. The number of hydrogen-bond acceptors (Lipinski definition) is 3. The molecule has 102 valence electrons. The molecule has 0 aliphatic heterocycles. The molecule has 2 atom stereocenters. The van der Waals surface area contributed by atoms with Crippen molar-refractivity contribution >= 4 is 11.9 Å². The summed E-state index contributed by atoms with van der Waals surface area (Å²) in [6, 6.07) is -0.596. The predicted molar refractivity (Wildman–Crippen MR) is 69.9 cm³/mol. The van der Waals surface area contributed by atoms with Crippen LogP contribution in [-0.2, 0) is 14.3 Å². The zero-order valence-corrected chi connectivity index (χ0v) is 11.7. The smallest absolute Gasteiger partial charge is 0.328 e. The summed E-state index contributed by atoms with van der Waals surface area (Å²) in [5, 5.41) is 2.83. The van der Waals surface area contributed by atoms with Crippen LogP contribution >= 0.6 is 0 Å². The minimum Gasteiger partial charge on any atom is -0.467 e. The number of carbonyl (C=O) groups is 2. The molecule has 1 rings (SSSR count). The van der Waals surface area contributed by atoms with Crippen molar-refractivity contribution in [2.45, 2.75) is 46.1 Å². The molecule has 0 radical (unpaired) electrons. The average molecular weight is 253 g/mol. The van der Waals surface area contributed by atoms with Crippen molar-refractivity contribution in [1.82, 2.24) is 5.32 Å². The number of nitrogens with one attached hydrogen (secondary N) is 1. The van der Waals surface area contributed by atoms with Gasteiger partial charge in [0.2, 0.25) is 5.91 Å². The summed E-state index contributed by atoms with van der Waals surface area (Å²) in [6.45, 7) is 5.74. The van der Waals surface area contributed by atoms with E-state index in [4.69, 9.17) is 4.74 Å². The van der Waals surface area contributed by atoms with Gasteiger partial charge in [0.05, 0.1) is 7.11 Å². The first kappa shape index (κ1) is 14.7. The fraction of sp³-hybridized carbons (Fsp3) is 0.714. The Morgan fingerprint density at radius 3 is 2.44 bits per heavy atom. The molecule has 0 aromatic rings. The first-order chi connectivity index (χ1) is 8.36. The van der Waals surface area contributed by atoms with Crippen molar-refractivity contribution in [2.75, 3.05) is 7.11 Å². The maximum atomic E-state index is 12.1. The van der Waals surface area contributed by atoms with Crippen LogP contribution < -0.4 is 5.32 Å². The molecular formula is C14H23NO3. The second-order valence-corrected chi connectivity index (χ2v) is 5.81. The molecule has 0 saturated carbocycles. The molecule has 0 aromatic carbocycles. The molecule has 1 N–H and O–H groups in total. The molecule has 0 heterocycles. The predicted octanol–water partition coefficient (Wildman–Crippen LogP) is 2.05. The Bertz CT molecular complexity index is 341. The number of hydrogen-bond donors (Lipinski definition) is 1. The molecule has 18 heavy (non-hydrogen) atoms. The zero-order valence-electron chi connectivity index (χ0n) is 11.7. The van der Waals surface area contributed by atoms with Gasteiger partial charge in [-0.05, 0) is 24.7 Å². The maximum absolute atomic E-state index is 12.1. The monoisotopic (exact) mass is 253 g/mol. The SMILES string of the molecule is COC(=O)[C@@H](NC(=O)[C@H]1CC=CCC1)C(C)(C)C. The summed E-state index contributed by atoms with van der Waals surface area (Å²) in [5.41, 5.74) is -0.354. The van der Waals surface area contributed by atoms with Crippen LogP contribution in [0.1, 0.15) is 40.0 Å². The van der Waals surface area contributed by atoms with E-state index in [1.54, 1.807) is 0 Å². The van der Waals surface area contributed by atoms with Crippen molar-refractivity contribution in [1.29, 1.82) is 0 Å². The minimum absolute atomic E-state index is 0.0236. The third-order valence-corrected chi connectivity index (χ3v) is 3.23. The highest BCUT2D eigenvalue weighted by Crippen LogP contribution is 2.23. The number of rotatable bonds is 3. The van der Waals surface area contributed by atoms with Gasteiger partial charge in [-0.2, -0.15) is 0 Å². The molecule has 0 bridgehead atoms. The van der Waals surface area contributed by atoms with E-state index in [-0.39, 0.29) is 23.2 Å². The Labute approximate surface area is 109 Å². The summed E-state index contributed by atoms with van der Waals surface area (Å²) in [7, 11) is 1.34. The lowest BCUT2D eigenvalue weighted by Gasteiger charge is -2.30. The van der Waals surface area contributed by atoms with Gasteiger partial charge in [-0.1, -0.05) is 32.9 Å². The molecule has 1 aliphatic rings. The van der Waals surface area contributed by atoms with Gasteiger partial charge in [-0.3, -0.25) is 4.79 Å². The van der Waals surface area contributed by atoms with E-state index in [0.717, 1.165) is 19.3 Å². The van der Waals surface area contributed by atoms with E-state index in [2.05, 4.69) is 11.4 Å². The molecule has 1 aliphatic carbocycles. The summed E-state index contributed by atoms with van der Waals surface area (Å²) < 4.78 is 4.76. The largest absolute Gasteiger partial charge is 0.467 e. The normalized spacial score (nSPS) is 21.2. The van der Waals surface area contributed by atoms with Gasteiger partial charge in [-0.25, -0.2) is 4.79 Å². The summed E-state index contributed by atoms with van der Waals surface area (Å²) >= 11 is 0. The van der Waals surface area contributed by atoms with Gasteiger partial charge in [0.25, 0.3) is 0 Å². The van der Waals surface area contributed by atoms with Crippen molar-refractivity contribution in [2.24, 2.45) is 11.3 Å². The zero-order chi connectivity index (χ0) is 13.8. The summed E-state index contributed by atoms with van der Waals surface area (Å²) in [5.74, 6) is -0.462. The van der Waals surface area contributed by atoms with Gasteiger partial charge in [0, 0.05) is 5.92 Å². The van der Waals surface area contributed by atoms with Crippen LogP contribution in [0.2, 0.25) is 0 Å². The fourth-order valence-electron chi connectivity index (χ4n) is 2.04. The number of amides is 1. The molecule has 4 nitrogen and oxygen atoms in total. The summed E-state index contributed by atoms with van der Waals surface area (Å²) in [4.78, 5) is 23.8. The highest BCUT2D eigenvalue weighted by Gasteiger charge is 2.35. The molecule has 4 heteroatoms. The van der Waals surface area contributed by atoms with Crippen LogP contribution in [-0.4, -0.2) is 25.0 Å². The number of carbonyl (C=O) groups excluding carboxylic acids is 2. The van der Waals surface area contributed by atoms with Crippen LogP contribution in [0.4, 0.5) is 0 Å². The first-order valence-electron chi connectivity index (χ1n) is 6.39. The second-order valence-electron chi connectivity index (χ2n) is 5.81. The third kappa shape index (κ3) is 3.86. The molecule has 0 spiro atoms. The fourth-order valence-corrected chi connectivity index (χ4v) is 2.04. The average Bonchev–Trinajstić information content (AvgIpc) is 2.34. The lowest BCUT2D eigenvalue weighted by molar-refractivity contribution is -0.148. The molecular weight excluding hydrogens is 230 g/mol. The first-order valence-corrected chi connectivity index (χ1v) is 6.39. The van der Waals surface area contributed by atoms with Gasteiger partial charge in [-0.15, -0.1) is 0 Å². The highest BCUT2D eigenvalue weighted by atomic mass is 16.5. The number of ether oxygens (including phenoxy) is 1. The second kappa shape index (κ2) is 6.03. The van der Waals surface area contributed by atoms with Gasteiger partial charge < -0.3 is 10.1 Å². The van der Waals surface area contributed by atoms with Crippen LogP contribution in [0.15, 0.2) is 12.2 Å². The molecule has 0 unspecified atom stereocenters. The Morgan fingerprint density at radius 1 is 1.33 bits per heavy atom. The van der Waals surface area contributed by atoms with E-state index in [1.807, 2.05) is 26.8 Å². The quantitative estimate of drug-likeness (QED) is 0.618. The maximum Gasteiger partial charge on any atom is 0.328 e. The standard InChI is InChI=1S/C14H23NO3/c1-14(2,3)11(13(17)18-4)15-12(16)10-8-6-5-7-9-10/h5-6,10-11H,7-9H2,1-4H3,(H,15,16)/t10-,11+/m0/s1. The van der Waals surface area contributed by atoms with Crippen LogP contribution in [0, 0.1) is 11.3 Å². The Balaban J connectivity index is 2.68. The van der Waals surface area contributed by atoms with E-state index < -0.39 is 6.04 Å². The third-order valence-electron chi connectivity index (χ3n) is 3.23. The van der Waals surface area contributed by atoms with E-state index in [1.165, 1.54) is 7.11 Å². The van der Waals surface area contributed by atoms with E-state index >= 15 is 0 Å².